The lowest BCUT2D eigenvalue weighted by Gasteiger charge is -2.07. The van der Waals surface area contributed by atoms with Gasteiger partial charge in [0.05, 0.1) is 0 Å². The summed E-state index contributed by atoms with van der Waals surface area (Å²) in [6, 6.07) is 20.2. The zero-order valence-electron chi connectivity index (χ0n) is 12.0. The maximum Gasteiger partial charge on any atom is 0.256 e. The quantitative estimate of drug-likeness (QED) is 0.722. The molecule has 0 saturated heterocycles. The average Bonchev–Trinajstić information content (AvgIpc) is 2.59. The normalized spacial score (nSPS) is 10.1. The number of aromatic nitrogens is 2. The first-order valence-electron chi connectivity index (χ1n) is 6.93. The average molecular weight is 369 g/mol. The molecule has 1 heterocycles. The lowest BCUT2D eigenvalue weighted by atomic mass is 10.2. The number of benzene rings is 2. The van der Waals surface area contributed by atoms with Gasteiger partial charge >= 0.3 is 0 Å². The zero-order valence-corrected chi connectivity index (χ0v) is 13.6. The molecule has 0 aliphatic heterocycles. The first-order chi connectivity index (χ1) is 11.2. The molecule has 0 saturated carbocycles. The Balaban J connectivity index is 1.65. The highest BCUT2D eigenvalue weighted by Gasteiger charge is 2.06. The molecule has 0 spiro atoms. The van der Waals surface area contributed by atoms with Gasteiger partial charge in [-0.2, -0.15) is 0 Å². The van der Waals surface area contributed by atoms with Crippen molar-refractivity contribution in [1.82, 2.24) is 10.2 Å². The molecule has 6 heteroatoms. The van der Waals surface area contributed by atoms with E-state index in [1.165, 1.54) is 0 Å². The van der Waals surface area contributed by atoms with Gasteiger partial charge in [0.1, 0.15) is 0 Å². The van der Waals surface area contributed by atoms with Crippen molar-refractivity contribution in [2.75, 3.05) is 10.6 Å². The highest BCUT2D eigenvalue weighted by Crippen LogP contribution is 2.18. The molecule has 0 fully saturated rings. The van der Waals surface area contributed by atoms with Crippen molar-refractivity contribution in [3.8, 4) is 0 Å². The fourth-order valence-corrected chi connectivity index (χ4v) is 2.19. The van der Waals surface area contributed by atoms with Crippen LogP contribution in [0.15, 0.2) is 71.2 Å². The number of nitrogens with one attached hydrogen (secondary N) is 2. The SMILES string of the molecule is O=C(Nc1ccc(Nc2ccc(Br)cc2)nn1)c1ccccc1. The summed E-state index contributed by atoms with van der Waals surface area (Å²) in [4.78, 5) is 12.0. The maximum atomic E-state index is 12.0. The molecule has 0 aliphatic rings. The number of anilines is 3. The molecule has 2 aromatic carbocycles. The second-order valence-corrected chi connectivity index (χ2v) is 5.67. The number of rotatable bonds is 4. The van der Waals surface area contributed by atoms with Gasteiger partial charge in [-0.15, -0.1) is 10.2 Å². The summed E-state index contributed by atoms with van der Waals surface area (Å²) in [7, 11) is 0. The topological polar surface area (TPSA) is 66.9 Å². The molecule has 114 valence electrons. The van der Waals surface area contributed by atoms with Crippen LogP contribution >= 0.6 is 15.9 Å². The Morgan fingerprint density at radius 2 is 1.48 bits per heavy atom. The van der Waals surface area contributed by atoms with Crippen LogP contribution in [-0.2, 0) is 0 Å². The summed E-state index contributed by atoms with van der Waals surface area (Å²) >= 11 is 3.39. The summed E-state index contributed by atoms with van der Waals surface area (Å²) < 4.78 is 1.01. The fraction of sp³-hybridized carbons (Fsp3) is 0. The van der Waals surface area contributed by atoms with Crippen LogP contribution in [0.3, 0.4) is 0 Å². The first kappa shape index (κ1) is 15.2. The van der Waals surface area contributed by atoms with E-state index in [4.69, 9.17) is 0 Å². The Hall–Kier alpha value is -2.73. The van der Waals surface area contributed by atoms with E-state index >= 15 is 0 Å². The van der Waals surface area contributed by atoms with Crippen molar-refractivity contribution in [2.24, 2.45) is 0 Å². The van der Waals surface area contributed by atoms with Crippen LogP contribution in [0.25, 0.3) is 0 Å². The molecule has 2 N–H and O–H groups in total. The van der Waals surface area contributed by atoms with Gasteiger partial charge in [-0.1, -0.05) is 34.1 Å². The second kappa shape index (κ2) is 7.02. The van der Waals surface area contributed by atoms with Crippen molar-refractivity contribution in [3.63, 3.8) is 0 Å². The highest BCUT2D eigenvalue weighted by molar-refractivity contribution is 9.10. The molecular formula is C17H13BrN4O. The summed E-state index contributed by atoms with van der Waals surface area (Å²) in [5, 5.41) is 13.9. The van der Waals surface area contributed by atoms with Crippen molar-refractivity contribution < 1.29 is 4.79 Å². The molecule has 5 nitrogen and oxygen atoms in total. The Morgan fingerprint density at radius 1 is 0.826 bits per heavy atom. The Kier molecular flexibility index (Phi) is 4.63. The van der Waals surface area contributed by atoms with Gasteiger partial charge in [-0.05, 0) is 48.5 Å². The van der Waals surface area contributed by atoms with Crippen molar-refractivity contribution >= 4 is 39.2 Å². The number of carbonyl (C=O) groups excluding carboxylic acids is 1. The molecule has 1 amide bonds. The molecule has 3 rings (SSSR count). The molecule has 3 aromatic rings. The van der Waals surface area contributed by atoms with Crippen LogP contribution in [0.5, 0.6) is 0 Å². The molecule has 0 aliphatic carbocycles. The number of amides is 1. The van der Waals surface area contributed by atoms with Crippen LogP contribution in [0.2, 0.25) is 0 Å². The van der Waals surface area contributed by atoms with Crippen molar-refractivity contribution in [3.05, 3.63) is 76.8 Å². The monoisotopic (exact) mass is 368 g/mol. The summed E-state index contributed by atoms with van der Waals surface area (Å²) in [5.74, 6) is 0.791. The number of hydrogen-bond donors (Lipinski definition) is 2. The van der Waals surface area contributed by atoms with E-state index in [1.54, 1.807) is 24.3 Å². The second-order valence-electron chi connectivity index (χ2n) is 4.76. The van der Waals surface area contributed by atoms with E-state index in [2.05, 4.69) is 36.8 Å². The molecule has 1 aromatic heterocycles. The van der Waals surface area contributed by atoms with E-state index in [0.717, 1.165) is 10.2 Å². The number of carbonyl (C=O) groups is 1. The van der Waals surface area contributed by atoms with Crippen LogP contribution in [0, 0.1) is 0 Å². The van der Waals surface area contributed by atoms with Crippen LogP contribution in [-0.4, -0.2) is 16.1 Å². The third kappa shape index (κ3) is 4.14. The van der Waals surface area contributed by atoms with E-state index in [1.807, 2.05) is 42.5 Å². The van der Waals surface area contributed by atoms with Gasteiger partial charge in [0.2, 0.25) is 0 Å². The van der Waals surface area contributed by atoms with Crippen LogP contribution in [0.1, 0.15) is 10.4 Å². The third-order valence-electron chi connectivity index (χ3n) is 3.06. The maximum absolute atomic E-state index is 12.0. The molecule has 0 bridgehead atoms. The highest BCUT2D eigenvalue weighted by atomic mass is 79.9. The molecule has 0 radical (unpaired) electrons. The summed E-state index contributed by atoms with van der Waals surface area (Å²) in [5.41, 5.74) is 1.48. The fourth-order valence-electron chi connectivity index (χ4n) is 1.92. The van der Waals surface area contributed by atoms with Gasteiger partial charge in [0.15, 0.2) is 11.6 Å². The van der Waals surface area contributed by atoms with Gasteiger partial charge < -0.3 is 10.6 Å². The standard InChI is InChI=1S/C17H13BrN4O/c18-13-6-8-14(9-7-13)19-15-10-11-16(22-21-15)20-17(23)12-4-2-1-3-5-12/h1-11H,(H,19,21)(H,20,22,23). The molecular weight excluding hydrogens is 356 g/mol. The summed E-state index contributed by atoms with van der Waals surface area (Å²) in [6.07, 6.45) is 0. The van der Waals surface area contributed by atoms with Crippen LogP contribution in [0.4, 0.5) is 17.3 Å². The first-order valence-corrected chi connectivity index (χ1v) is 7.73. The lowest BCUT2D eigenvalue weighted by molar-refractivity contribution is 0.102. The predicted molar refractivity (Wildman–Crippen MR) is 93.9 cm³/mol. The smallest absolute Gasteiger partial charge is 0.256 e. The number of nitrogens with zero attached hydrogens (tertiary/aromatic N) is 2. The van der Waals surface area contributed by atoms with E-state index in [0.29, 0.717) is 17.2 Å². The largest absolute Gasteiger partial charge is 0.339 e. The summed E-state index contributed by atoms with van der Waals surface area (Å²) in [6.45, 7) is 0. The molecule has 0 unspecified atom stereocenters. The Morgan fingerprint density at radius 3 is 2.13 bits per heavy atom. The minimum Gasteiger partial charge on any atom is -0.339 e. The van der Waals surface area contributed by atoms with Crippen molar-refractivity contribution in [1.29, 1.82) is 0 Å². The van der Waals surface area contributed by atoms with Gasteiger partial charge in [-0.3, -0.25) is 4.79 Å². The van der Waals surface area contributed by atoms with Gasteiger partial charge in [0, 0.05) is 15.7 Å². The van der Waals surface area contributed by atoms with E-state index in [9.17, 15) is 4.79 Å². The van der Waals surface area contributed by atoms with Gasteiger partial charge in [0.25, 0.3) is 5.91 Å². The van der Waals surface area contributed by atoms with Crippen molar-refractivity contribution in [2.45, 2.75) is 0 Å². The third-order valence-corrected chi connectivity index (χ3v) is 3.59. The Labute approximate surface area is 141 Å². The Bertz CT molecular complexity index is 789. The number of halogens is 1. The number of hydrogen-bond acceptors (Lipinski definition) is 4. The molecule has 0 atom stereocenters. The van der Waals surface area contributed by atoms with Crippen LogP contribution < -0.4 is 10.6 Å². The minimum atomic E-state index is -0.214. The molecule has 23 heavy (non-hydrogen) atoms. The zero-order chi connectivity index (χ0) is 16.1. The lowest BCUT2D eigenvalue weighted by Crippen LogP contribution is -2.13. The van der Waals surface area contributed by atoms with Gasteiger partial charge in [-0.25, -0.2) is 0 Å². The minimum absolute atomic E-state index is 0.214. The van der Waals surface area contributed by atoms with E-state index in [-0.39, 0.29) is 5.91 Å². The van der Waals surface area contributed by atoms with E-state index < -0.39 is 0 Å². The predicted octanol–water partition coefficient (Wildman–Crippen LogP) is 4.24.